The highest BCUT2D eigenvalue weighted by molar-refractivity contribution is 5.11. The van der Waals surface area contributed by atoms with Gasteiger partial charge in [0.25, 0.3) is 0 Å². The first-order valence-electron chi connectivity index (χ1n) is 53.7. The summed E-state index contributed by atoms with van der Waals surface area (Å²) in [6.45, 7) is 3.06. The number of hydrogen-bond donors (Lipinski definition) is 0. The first-order chi connectivity index (χ1) is 54.6. The standard InChI is InChI=1S/C106H192N4/c1-87-82-83-102(110(98-72-45-29-14-30-46-73-98)97-70-31-15-3-2-4-16-32-71-97)84-85-104(87)106(89-55-47-48-74-99(76-50-56-89)107(92-64-39-23-11-24-40-65-92)91-58-33-17-5-6-18-34-59-91)90-57-51-77-100(108(94-66-41-25-12-26-42-67-94)93-60-35-19-7-8-20-36-61-93)75-49-54-88(86-90)103-80-52-78-101(79-53-81-105(103)106)109(96-68-43-27-13-28-44-69-96)95-62-37-21-9-10-22-38-63-95/h87-105H,2-86H2,1H3. The van der Waals surface area contributed by atoms with Crippen LogP contribution in [-0.2, 0) is 0 Å². The molecular formula is C106H192N4. The van der Waals surface area contributed by atoms with Crippen molar-refractivity contribution >= 4 is 0 Å². The molecular weight excluding hydrogens is 1330 g/mol. The smallest absolute Gasteiger partial charge is 0.0101 e. The van der Waals surface area contributed by atoms with Crippen molar-refractivity contribution in [3.05, 3.63) is 0 Å². The van der Waals surface area contributed by atoms with Crippen molar-refractivity contribution in [3.63, 3.8) is 0 Å². The summed E-state index contributed by atoms with van der Waals surface area (Å²) >= 11 is 0. The third-order valence-electron chi connectivity index (χ3n) is 36.5. The largest absolute Gasteiger partial charge is 0.294 e. The Morgan fingerprint density at radius 1 is 0.155 bits per heavy atom. The molecule has 4 nitrogen and oxygen atoms in total. The van der Waals surface area contributed by atoms with Gasteiger partial charge in [0.2, 0.25) is 0 Å². The van der Waals surface area contributed by atoms with Crippen LogP contribution in [0.1, 0.15) is 553 Å². The summed E-state index contributed by atoms with van der Waals surface area (Å²) in [6.07, 6.45) is 130. The Kier molecular flexibility index (Phi) is 39.5. The lowest BCUT2D eigenvalue weighted by molar-refractivity contribution is -0.162. The van der Waals surface area contributed by atoms with E-state index in [1.807, 2.05) is 0 Å². The molecule has 13 aliphatic carbocycles. The molecule has 0 aliphatic heterocycles. The summed E-state index contributed by atoms with van der Waals surface area (Å²) in [5.74, 6) is 6.50. The Balaban J connectivity index is 0.911. The topological polar surface area (TPSA) is 13.0 Å². The van der Waals surface area contributed by atoms with Gasteiger partial charge in [-0.1, -0.05) is 347 Å². The monoisotopic (exact) mass is 1520 g/mol. The maximum atomic E-state index is 3.54. The zero-order chi connectivity index (χ0) is 74.9. The van der Waals surface area contributed by atoms with E-state index in [0.29, 0.717) is 5.41 Å². The van der Waals surface area contributed by atoms with Crippen LogP contribution in [0.15, 0.2) is 0 Å². The van der Waals surface area contributed by atoms with Gasteiger partial charge in [0.15, 0.2) is 0 Å². The molecule has 636 valence electrons. The third kappa shape index (κ3) is 25.5. The maximum absolute atomic E-state index is 3.54. The zero-order valence-corrected chi connectivity index (χ0v) is 74.4. The molecule has 4 heteroatoms. The van der Waals surface area contributed by atoms with E-state index >= 15 is 0 Å². The van der Waals surface area contributed by atoms with Gasteiger partial charge in [-0.25, -0.2) is 0 Å². The Morgan fingerprint density at radius 2 is 0.355 bits per heavy atom. The predicted molar refractivity (Wildman–Crippen MR) is 478 cm³/mol. The molecule has 2 bridgehead atoms. The lowest BCUT2D eigenvalue weighted by Gasteiger charge is -2.64. The lowest BCUT2D eigenvalue weighted by atomic mass is 9.40. The van der Waals surface area contributed by atoms with Crippen LogP contribution in [0.3, 0.4) is 0 Å². The van der Waals surface area contributed by atoms with Crippen LogP contribution in [0.4, 0.5) is 0 Å². The van der Waals surface area contributed by atoms with E-state index in [4.69, 9.17) is 0 Å². The highest BCUT2D eigenvalue weighted by Crippen LogP contribution is 2.68. The van der Waals surface area contributed by atoms with Crippen LogP contribution < -0.4 is 0 Å². The molecule has 13 saturated carbocycles. The molecule has 0 heterocycles. The molecule has 0 aromatic heterocycles. The van der Waals surface area contributed by atoms with Gasteiger partial charge in [0, 0.05) is 72.5 Å². The second-order valence-corrected chi connectivity index (χ2v) is 43.5. The minimum absolute atomic E-state index is 0.482. The molecule has 12 unspecified atom stereocenters. The molecule has 13 fully saturated rings. The fourth-order valence-corrected chi connectivity index (χ4v) is 31.4. The van der Waals surface area contributed by atoms with E-state index < -0.39 is 0 Å². The second kappa shape index (κ2) is 49.5. The fourth-order valence-electron chi connectivity index (χ4n) is 31.4. The average Bonchev–Trinajstić information content (AvgIpc) is 1.01. The van der Waals surface area contributed by atoms with Crippen LogP contribution >= 0.6 is 0 Å². The minimum Gasteiger partial charge on any atom is -0.294 e. The molecule has 0 amide bonds. The molecule has 13 rings (SSSR count). The number of hydrogen-bond acceptors (Lipinski definition) is 4. The SMILES string of the molecule is CC1CCC(N(C2CCCCCCCCC2)C2CCCCCCC2)CCC1C1(C2CCCCC(N(C3CCCCCCCC3)C3CCCCCCC3)CCC2)C2CCCC(N(C3CCCCCCCC3)C3CCCCCCC3)CCCC(C2)C2CCCC(N(C3CCCCCCCC3)C3CCCCCCC3)CCCC21. The van der Waals surface area contributed by atoms with Crippen LogP contribution in [-0.4, -0.2) is 92.1 Å². The Bertz CT molecular complexity index is 2300. The summed E-state index contributed by atoms with van der Waals surface area (Å²) in [6, 6.07) is 10.1. The molecule has 0 saturated heterocycles. The molecule has 0 aromatic carbocycles. The van der Waals surface area contributed by atoms with Crippen molar-refractivity contribution in [3.8, 4) is 0 Å². The van der Waals surface area contributed by atoms with Gasteiger partial charge in [0.05, 0.1) is 0 Å². The molecule has 13 aliphatic rings. The highest BCUT2D eigenvalue weighted by atomic mass is 15.2. The van der Waals surface area contributed by atoms with Crippen molar-refractivity contribution in [1.29, 1.82) is 0 Å². The highest BCUT2D eigenvalue weighted by Gasteiger charge is 2.62. The van der Waals surface area contributed by atoms with E-state index in [1.54, 1.807) is 135 Å². The third-order valence-corrected chi connectivity index (χ3v) is 36.5. The lowest BCUT2D eigenvalue weighted by Crippen LogP contribution is -2.58. The number of fused-ring (bicyclic) bond motifs is 4. The molecule has 0 aromatic rings. The summed E-state index contributed by atoms with van der Waals surface area (Å²) in [4.78, 5) is 14.1. The van der Waals surface area contributed by atoms with Gasteiger partial charge in [-0.2, -0.15) is 0 Å². The van der Waals surface area contributed by atoms with Crippen LogP contribution in [0, 0.1) is 46.8 Å². The predicted octanol–water partition coefficient (Wildman–Crippen LogP) is 32.3. The van der Waals surface area contributed by atoms with E-state index in [-0.39, 0.29) is 0 Å². The van der Waals surface area contributed by atoms with Crippen LogP contribution in [0.5, 0.6) is 0 Å². The van der Waals surface area contributed by atoms with Gasteiger partial charge in [-0.15, -0.1) is 0 Å². The van der Waals surface area contributed by atoms with E-state index in [0.717, 1.165) is 114 Å². The molecule has 0 N–H and O–H groups in total. The van der Waals surface area contributed by atoms with Crippen LogP contribution in [0.2, 0.25) is 0 Å². The minimum atomic E-state index is 0.482. The Hall–Kier alpha value is -0.160. The summed E-state index contributed by atoms with van der Waals surface area (Å²) in [7, 11) is 0. The van der Waals surface area contributed by atoms with Crippen molar-refractivity contribution in [2.45, 2.75) is 625 Å². The number of rotatable bonds is 14. The molecule has 0 radical (unpaired) electrons. The van der Waals surface area contributed by atoms with Gasteiger partial charge >= 0.3 is 0 Å². The second-order valence-electron chi connectivity index (χ2n) is 43.5. The first-order valence-corrected chi connectivity index (χ1v) is 53.7. The number of nitrogens with zero attached hydrogens (tertiary/aromatic N) is 4. The Morgan fingerprint density at radius 3 is 0.655 bits per heavy atom. The zero-order valence-electron chi connectivity index (χ0n) is 74.4. The average molecular weight is 1520 g/mol. The molecule has 110 heavy (non-hydrogen) atoms. The normalized spacial score (nSPS) is 36.0. The summed E-state index contributed by atoms with van der Waals surface area (Å²) in [5.41, 5.74) is 0.482. The Labute approximate surface area is 687 Å². The van der Waals surface area contributed by atoms with E-state index in [9.17, 15) is 0 Å². The van der Waals surface area contributed by atoms with Gasteiger partial charge in [-0.3, -0.25) is 19.6 Å². The van der Waals surface area contributed by atoms with Gasteiger partial charge < -0.3 is 0 Å². The van der Waals surface area contributed by atoms with Gasteiger partial charge in [0.1, 0.15) is 0 Å². The van der Waals surface area contributed by atoms with Crippen molar-refractivity contribution in [2.24, 2.45) is 46.8 Å². The van der Waals surface area contributed by atoms with E-state index in [2.05, 4.69) is 26.5 Å². The van der Waals surface area contributed by atoms with Crippen molar-refractivity contribution in [1.82, 2.24) is 19.6 Å². The molecule has 12 atom stereocenters. The maximum Gasteiger partial charge on any atom is 0.0101 e. The van der Waals surface area contributed by atoms with Gasteiger partial charge in [-0.05, 0) is 252 Å². The quantitative estimate of drug-likeness (QED) is 0.161. The summed E-state index contributed by atoms with van der Waals surface area (Å²) < 4.78 is 0. The fraction of sp³-hybridized carbons (Fsp3) is 1.00. The first kappa shape index (κ1) is 87.7. The molecule has 0 spiro atoms. The van der Waals surface area contributed by atoms with Crippen molar-refractivity contribution < 1.29 is 0 Å². The van der Waals surface area contributed by atoms with Crippen molar-refractivity contribution in [2.75, 3.05) is 0 Å². The van der Waals surface area contributed by atoms with Crippen LogP contribution in [0.25, 0.3) is 0 Å². The summed E-state index contributed by atoms with van der Waals surface area (Å²) in [5, 5.41) is 0. The van der Waals surface area contributed by atoms with E-state index in [1.165, 1.54) is 411 Å².